The van der Waals surface area contributed by atoms with E-state index in [-0.39, 0.29) is 16.3 Å². The molecular formula is C6H9NO2S. The van der Waals surface area contributed by atoms with Gasteiger partial charge in [0.15, 0.2) is 5.12 Å². The highest BCUT2D eigenvalue weighted by Gasteiger charge is 2.22. The van der Waals surface area contributed by atoms with Gasteiger partial charge in [0, 0.05) is 25.1 Å². The number of nitrogens with one attached hydrogen (secondary N) is 1. The van der Waals surface area contributed by atoms with Gasteiger partial charge < -0.3 is 5.32 Å². The van der Waals surface area contributed by atoms with Crippen LogP contribution in [0, 0.1) is 0 Å². The largest absolute Gasteiger partial charge is 0.355 e. The van der Waals surface area contributed by atoms with Gasteiger partial charge in [-0.2, -0.15) is 0 Å². The molecule has 1 N–H and O–H groups in total. The van der Waals surface area contributed by atoms with Crippen LogP contribution in [0.3, 0.4) is 0 Å². The van der Waals surface area contributed by atoms with Gasteiger partial charge in [-0.15, -0.1) is 0 Å². The van der Waals surface area contributed by atoms with Crippen LogP contribution in [0.5, 0.6) is 0 Å². The van der Waals surface area contributed by atoms with Gasteiger partial charge in [-0.1, -0.05) is 11.8 Å². The summed E-state index contributed by atoms with van der Waals surface area (Å²) in [4.78, 5) is 21.1. The lowest BCUT2D eigenvalue weighted by Crippen LogP contribution is -2.14. The summed E-state index contributed by atoms with van der Waals surface area (Å²) in [5, 5.41) is 2.92. The monoisotopic (exact) mass is 159 g/mol. The highest BCUT2D eigenvalue weighted by molar-refractivity contribution is 8.14. The first kappa shape index (κ1) is 7.60. The topological polar surface area (TPSA) is 46.2 Å². The zero-order chi connectivity index (χ0) is 7.56. The molecule has 0 aromatic rings. The van der Waals surface area contributed by atoms with Crippen LogP contribution in [0.25, 0.3) is 0 Å². The predicted molar refractivity (Wildman–Crippen MR) is 39.7 cm³/mol. The molecule has 0 spiro atoms. The Kier molecular flexibility index (Phi) is 2.32. The Bertz CT molecular complexity index is 169. The Hall–Kier alpha value is -0.510. The van der Waals surface area contributed by atoms with Gasteiger partial charge in [-0.3, -0.25) is 9.59 Å². The fraction of sp³-hybridized carbons (Fsp3) is 0.667. The number of rotatable bonds is 1. The van der Waals surface area contributed by atoms with E-state index in [0.717, 1.165) is 0 Å². The van der Waals surface area contributed by atoms with Crippen LogP contribution < -0.4 is 5.32 Å². The fourth-order valence-corrected chi connectivity index (χ4v) is 1.77. The first-order chi connectivity index (χ1) is 4.68. The predicted octanol–water partition coefficient (Wildman–Crippen LogP) is 0.155. The molecule has 10 heavy (non-hydrogen) atoms. The third kappa shape index (κ3) is 2.02. The number of hydrogen-bond donors (Lipinski definition) is 1. The van der Waals surface area contributed by atoms with Gasteiger partial charge in [-0.25, -0.2) is 0 Å². The molecule has 0 bridgehead atoms. The van der Waals surface area contributed by atoms with E-state index < -0.39 is 0 Å². The number of hydrogen-bond acceptors (Lipinski definition) is 3. The summed E-state index contributed by atoms with van der Waals surface area (Å²) in [6, 6.07) is 0. The lowest BCUT2D eigenvalue weighted by atomic mass is 10.4. The maximum absolute atomic E-state index is 10.6. The van der Waals surface area contributed by atoms with Crippen molar-refractivity contribution >= 4 is 22.8 Å². The van der Waals surface area contributed by atoms with Crippen molar-refractivity contribution in [3.63, 3.8) is 0 Å². The van der Waals surface area contributed by atoms with Crippen LogP contribution in [-0.4, -0.2) is 22.8 Å². The molecule has 1 aliphatic heterocycles. The molecule has 1 aliphatic rings. The van der Waals surface area contributed by atoms with Crippen molar-refractivity contribution in [2.75, 3.05) is 6.54 Å². The zero-order valence-corrected chi connectivity index (χ0v) is 6.53. The molecule has 0 saturated carbocycles. The molecule has 1 amide bonds. The third-order valence-electron chi connectivity index (χ3n) is 1.27. The van der Waals surface area contributed by atoms with Crippen molar-refractivity contribution in [2.24, 2.45) is 0 Å². The summed E-state index contributed by atoms with van der Waals surface area (Å²) in [7, 11) is 0. The van der Waals surface area contributed by atoms with Gasteiger partial charge in [0.2, 0.25) is 5.91 Å². The zero-order valence-electron chi connectivity index (χ0n) is 5.72. The first-order valence-electron chi connectivity index (χ1n) is 3.12. The van der Waals surface area contributed by atoms with Gasteiger partial charge in [-0.05, 0) is 0 Å². The minimum atomic E-state index is 0.0544. The second kappa shape index (κ2) is 3.05. The highest BCUT2D eigenvalue weighted by atomic mass is 32.2. The molecule has 1 fully saturated rings. The number of thioether (sulfide) groups is 1. The summed E-state index contributed by atoms with van der Waals surface area (Å²) in [6.45, 7) is 2.16. The van der Waals surface area contributed by atoms with Crippen molar-refractivity contribution < 1.29 is 9.59 Å². The molecule has 1 rings (SSSR count). The first-order valence-corrected chi connectivity index (χ1v) is 4.00. The number of carbonyl (C=O) groups excluding carboxylic acids is 2. The lowest BCUT2D eigenvalue weighted by molar-refractivity contribution is -0.119. The second-order valence-corrected chi connectivity index (χ2v) is 3.72. The summed E-state index contributed by atoms with van der Waals surface area (Å²) in [5.41, 5.74) is 0. The maximum atomic E-state index is 10.6. The Labute approximate surface area is 63.6 Å². The summed E-state index contributed by atoms with van der Waals surface area (Å²) in [5.74, 6) is 0.0544. The van der Waals surface area contributed by atoms with E-state index in [9.17, 15) is 9.59 Å². The number of amides is 1. The Balaban J connectivity index is 2.31. The molecule has 4 heteroatoms. The molecule has 1 unspecified atom stereocenters. The molecule has 0 aliphatic carbocycles. The smallest absolute Gasteiger partial charge is 0.221 e. The maximum Gasteiger partial charge on any atom is 0.221 e. The average Bonchev–Trinajstić information content (AvgIpc) is 2.13. The van der Waals surface area contributed by atoms with E-state index in [1.807, 2.05) is 0 Å². The fourth-order valence-electron chi connectivity index (χ4n) is 0.897. The van der Waals surface area contributed by atoms with Gasteiger partial charge >= 0.3 is 0 Å². The van der Waals surface area contributed by atoms with E-state index in [4.69, 9.17) is 0 Å². The van der Waals surface area contributed by atoms with E-state index in [2.05, 4.69) is 5.32 Å². The quantitative estimate of drug-likeness (QED) is 0.592. The van der Waals surface area contributed by atoms with Gasteiger partial charge in [0.05, 0.1) is 0 Å². The van der Waals surface area contributed by atoms with Crippen molar-refractivity contribution in [2.45, 2.75) is 18.6 Å². The molecule has 56 valence electrons. The summed E-state index contributed by atoms with van der Waals surface area (Å²) >= 11 is 1.24. The highest BCUT2D eigenvalue weighted by Crippen LogP contribution is 2.17. The van der Waals surface area contributed by atoms with Crippen LogP contribution in [-0.2, 0) is 9.59 Å². The lowest BCUT2D eigenvalue weighted by Gasteiger charge is -2.00. The van der Waals surface area contributed by atoms with Crippen molar-refractivity contribution in [1.82, 2.24) is 5.32 Å². The van der Waals surface area contributed by atoms with Crippen molar-refractivity contribution in [3.8, 4) is 0 Å². The minimum Gasteiger partial charge on any atom is -0.355 e. The van der Waals surface area contributed by atoms with E-state index in [1.165, 1.54) is 18.7 Å². The molecule has 0 aromatic heterocycles. The van der Waals surface area contributed by atoms with E-state index >= 15 is 0 Å². The van der Waals surface area contributed by atoms with Crippen LogP contribution in [0.1, 0.15) is 13.3 Å². The van der Waals surface area contributed by atoms with E-state index in [1.54, 1.807) is 0 Å². The molecule has 0 radical (unpaired) electrons. The Morgan fingerprint density at radius 1 is 1.80 bits per heavy atom. The molecule has 1 heterocycles. The minimum absolute atomic E-state index is 0.0544. The average molecular weight is 159 g/mol. The molecular weight excluding hydrogens is 150 g/mol. The number of carbonyl (C=O) groups is 2. The third-order valence-corrected chi connectivity index (χ3v) is 2.27. The summed E-state index contributed by atoms with van der Waals surface area (Å²) in [6.07, 6.45) is 0.490. The van der Waals surface area contributed by atoms with Gasteiger partial charge in [0.1, 0.15) is 0 Å². The molecule has 0 aromatic carbocycles. The van der Waals surface area contributed by atoms with Crippen LogP contribution in [0.2, 0.25) is 0 Å². The van der Waals surface area contributed by atoms with Crippen LogP contribution in [0.15, 0.2) is 0 Å². The van der Waals surface area contributed by atoms with Crippen LogP contribution in [0.4, 0.5) is 0 Å². The Morgan fingerprint density at radius 2 is 2.50 bits per heavy atom. The standard InChI is InChI=1S/C6H9NO2S/c1-4(8)10-5-2-6(9)7-3-5/h5H,2-3H2,1H3,(H,7,9). The Morgan fingerprint density at radius 3 is 2.90 bits per heavy atom. The van der Waals surface area contributed by atoms with Crippen molar-refractivity contribution in [1.29, 1.82) is 0 Å². The van der Waals surface area contributed by atoms with Gasteiger partial charge in [0.25, 0.3) is 0 Å². The molecule has 1 saturated heterocycles. The normalized spacial score (nSPS) is 24.5. The second-order valence-electron chi connectivity index (χ2n) is 2.24. The molecule has 3 nitrogen and oxygen atoms in total. The molecule has 1 atom stereocenters. The van der Waals surface area contributed by atoms with Crippen LogP contribution >= 0.6 is 11.8 Å². The van der Waals surface area contributed by atoms with Crippen molar-refractivity contribution in [3.05, 3.63) is 0 Å². The summed E-state index contributed by atoms with van der Waals surface area (Å²) < 4.78 is 0. The SMILES string of the molecule is CC(=O)SC1CNC(=O)C1. The van der Waals surface area contributed by atoms with E-state index in [0.29, 0.717) is 13.0 Å².